The van der Waals surface area contributed by atoms with Gasteiger partial charge in [0.2, 0.25) is 0 Å². The lowest BCUT2D eigenvalue weighted by molar-refractivity contribution is -0.213. The highest BCUT2D eigenvalue weighted by Gasteiger charge is 2.46. The van der Waals surface area contributed by atoms with Crippen LogP contribution in [-0.2, 0) is 16.0 Å². The molecule has 0 spiro atoms. The van der Waals surface area contributed by atoms with Gasteiger partial charge in [-0.05, 0) is 91.4 Å². The lowest BCUT2D eigenvalue weighted by atomic mass is 9.78. The van der Waals surface area contributed by atoms with Gasteiger partial charge in [-0.15, -0.1) is 0 Å². The quantitative estimate of drug-likeness (QED) is 0.148. The van der Waals surface area contributed by atoms with Crippen molar-refractivity contribution in [3.05, 3.63) is 64.5 Å². The average Bonchev–Trinajstić information content (AvgIpc) is 3.07. The molecule has 278 valence electrons. The van der Waals surface area contributed by atoms with Crippen molar-refractivity contribution in [1.82, 2.24) is 14.9 Å². The molecule has 2 fully saturated rings. The fourth-order valence-corrected chi connectivity index (χ4v) is 7.74. The Labute approximate surface area is 301 Å². The van der Waals surface area contributed by atoms with Crippen molar-refractivity contribution in [1.29, 1.82) is 0 Å². The standard InChI is InChI=1S/C37H37ClF6N4O4/c1-5-23-27(40)8-7-20-13-22(49)14-24(28(20)23)29-26(38)15-25-31(30(29)41)45-34(51-19-35(2)17-47(4)12-9-21(35)16-39)46-32(25)48-11-6-10-36(3,18-48)52-33(50)37(42,43)44/h7-8,13-16,49H,5-6,9-12,17-19H2,1-4H3/b21-16+/t35-,36+/m0/s1. The first-order chi connectivity index (χ1) is 24.5. The summed E-state index contributed by atoms with van der Waals surface area (Å²) < 4.78 is 96.9. The Hall–Kier alpha value is -4.30. The molecule has 2 atom stereocenters. The van der Waals surface area contributed by atoms with E-state index in [1.807, 2.05) is 18.9 Å². The number of nitrogens with zero attached hydrogens (tertiary/aromatic N) is 4. The number of hydrogen-bond acceptors (Lipinski definition) is 8. The number of halogens is 7. The van der Waals surface area contributed by atoms with E-state index in [-0.39, 0.29) is 89.2 Å². The smallest absolute Gasteiger partial charge is 0.490 e. The normalized spacial score (nSPS) is 22.4. The van der Waals surface area contributed by atoms with E-state index in [0.717, 1.165) is 0 Å². The molecule has 0 bridgehead atoms. The number of anilines is 1. The molecule has 3 heterocycles. The van der Waals surface area contributed by atoms with Crippen LogP contribution >= 0.6 is 11.6 Å². The van der Waals surface area contributed by atoms with Crippen molar-refractivity contribution in [2.24, 2.45) is 5.41 Å². The van der Waals surface area contributed by atoms with Crippen LogP contribution in [0.1, 0.15) is 45.6 Å². The minimum atomic E-state index is -5.21. The summed E-state index contributed by atoms with van der Waals surface area (Å²) in [5.41, 5.74) is -1.96. The molecule has 52 heavy (non-hydrogen) atoms. The van der Waals surface area contributed by atoms with Crippen LogP contribution in [-0.4, -0.2) is 77.6 Å². The topological polar surface area (TPSA) is 88.0 Å². The predicted octanol–water partition coefficient (Wildman–Crippen LogP) is 8.69. The van der Waals surface area contributed by atoms with Crippen LogP contribution in [0.25, 0.3) is 32.8 Å². The fraction of sp³-hybridized carbons (Fsp3) is 0.432. The first-order valence-corrected chi connectivity index (χ1v) is 17.1. The lowest BCUT2D eigenvalue weighted by Crippen LogP contribution is -2.51. The van der Waals surface area contributed by atoms with Crippen LogP contribution in [0.15, 0.2) is 42.2 Å². The second-order valence-corrected chi connectivity index (χ2v) is 14.5. The highest BCUT2D eigenvalue weighted by atomic mass is 35.5. The Morgan fingerprint density at radius 2 is 1.87 bits per heavy atom. The third-order valence-electron chi connectivity index (χ3n) is 9.96. The third kappa shape index (κ3) is 7.06. The number of hydrogen-bond donors (Lipinski definition) is 1. The van der Waals surface area contributed by atoms with Gasteiger partial charge in [-0.2, -0.15) is 23.1 Å². The van der Waals surface area contributed by atoms with E-state index in [1.54, 1.807) is 11.8 Å². The third-order valence-corrected chi connectivity index (χ3v) is 10.3. The zero-order valence-electron chi connectivity index (χ0n) is 28.9. The van der Waals surface area contributed by atoms with Gasteiger partial charge in [-0.3, -0.25) is 0 Å². The molecule has 6 rings (SSSR count). The SMILES string of the molecule is CCc1c(F)ccc2cc(O)cc(-c3c(Cl)cc4c(N5CCC[C@@](C)(OC(=O)C(F)(F)F)C5)nc(OC[C@]5(C)CN(C)CC/C5=C\F)nc4c3F)c12. The number of aryl methyl sites for hydroxylation is 1. The van der Waals surface area contributed by atoms with E-state index in [0.29, 0.717) is 42.2 Å². The lowest BCUT2D eigenvalue weighted by Gasteiger charge is -2.41. The van der Waals surface area contributed by atoms with Crippen LogP contribution < -0.4 is 9.64 Å². The van der Waals surface area contributed by atoms with Gasteiger partial charge in [0, 0.05) is 36.0 Å². The Morgan fingerprint density at radius 1 is 1.12 bits per heavy atom. The second kappa shape index (κ2) is 13.9. The maximum atomic E-state index is 17.1. The molecule has 2 aliphatic heterocycles. The van der Waals surface area contributed by atoms with Crippen molar-refractivity contribution in [3.63, 3.8) is 0 Å². The number of carbonyl (C=O) groups is 1. The summed E-state index contributed by atoms with van der Waals surface area (Å²) in [7, 11) is 1.89. The molecule has 1 N–H and O–H groups in total. The van der Waals surface area contributed by atoms with Gasteiger partial charge >= 0.3 is 18.2 Å². The maximum Gasteiger partial charge on any atom is 0.490 e. The molecule has 0 amide bonds. The number of phenols is 1. The van der Waals surface area contributed by atoms with E-state index in [2.05, 4.69) is 9.97 Å². The summed E-state index contributed by atoms with van der Waals surface area (Å²) in [6, 6.07) is 6.53. The number of likely N-dealkylation sites (tertiary alicyclic amines) is 1. The van der Waals surface area contributed by atoms with Crippen molar-refractivity contribution in [2.45, 2.75) is 58.2 Å². The molecule has 0 saturated carbocycles. The molecule has 2 saturated heterocycles. The molecule has 1 aromatic heterocycles. The van der Waals surface area contributed by atoms with Crippen molar-refractivity contribution in [2.75, 3.05) is 44.7 Å². The Morgan fingerprint density at radius 3 is 2.56 bits per heavy atom. The summed E-state index contributed by atoms with van der Waals surface area (Å²) in [6.45, 7) is 5.90. The predicted molar refractivity (Wildman–Crippen MR) is 185 cm³/mol. The molecule has 0 aliphatic carbocycles. The first-order valence-electron chi connectivity index (χ1n) is 16.8. The molecule has 3 aromatic carbocycles. The maximum absolute atomic E-state index is 17.1. The molecule has 0 unspecified atom stereocenters. The molecule has 8 nitrogen and oxygen atoms in total. The minimum Gasteiger partial charge on any atom is -0.508 e. The summed E-state index contributed by atoms with van der Waals surface area (Å²) in [4.78, 5) is 24.5. The van der Waals surface area contributed by atoms with Gasteiger partial charge in [0.15, 0.2) is 5.82 Å². The van der Waals surface area contributed by atoms with Crippen molar-refractivity contribution < 1.29 is 45.7 Å². The van der Waals surface area contributed by atoms with Gasteiger partial charge < -0.3 is 24.4 Å². The fourth-order valence-electron chi connectivity index (χ4n) is 7.44. The zero-order valence-corrected chi connectivity index (χ0v) is 29.7. The summed E-state index contributed by atoms with van der Waals surface area (Å²) >= 11 is 6.82. The number of ether oxygens (including phenoxy) is 2. The Bertz CT molecular complexity index is 2100. The molecular formula is C37H37ClF6N4O4. The Kier molecular flexibility index (Phi) is 10.0. The number of aromatic nitrogens is 2. The van der Waals surface area contributed by atoms with E-state index in [9.17, 15) is 27.5 Å². The van der Waals surface area contributed by atoms with Crippen molar-refractivity contribution >= 4 is 45.1 Å². The highest BCUT2D eigenvalue weighted by molar-refractivity contribution is 6.35. The number of alkyl halides is 3. The van der Waals surface area contributed by atoms with Gasteiger partial charge in [-0.25, -0.2) is 18.0 Å². The number of fused-ring (bicyclic) bond motifs is 2. The summed E-state index contributed by atoms with van der Waals surface area (Å²) in [6.07, 6.45) is -3.56. The van der Waals surface area contributed by atoms with Gasteiger partial charge in [-0.1, -0.05) is 31.5 Å². The van der Waals surface area contributed by atoms with E-state index < -0.39 is 34.8 Å². The van der Waals surface area contributed by atoms with E-state index in [1.165, 1.54) is 37.3 Å². The summed E-state index contributed by atoms with van der Waals surface area (Å²) in [5.74, 6) is -3.99. The number of piperidine rings is 2. The van der Waals surface area contributed by atoms with Gasteiger partial charge in [0.25, 0.3) is 0 Å². The van der Waals surface area contributed by atoms with E-state index >= 15 is 8.78 Å². The van der Waals surface area contributed by atoms with Gasteiger partial charge in [0.1, 0.15) is 35.1 Å². The van der Waals surface area contributed by atoms with Crippen LogP contribution in [0.4, 0.5) is 32.2 Å². The number of aromatic hydroxyl groups is 1. The van der Waals surface area contributed by atoms with E-state index in [4.69, 9.17) is 21.1 Å². The number of rotatable bonds is 7. The highest BCUT2D eigenvalue weighted by Crippen LogP contribution is 2.45. The average molecular weight is 751 g/mol. The number of carbonyl (C=O) groups excluding carboxylic acids is 1. The summed E-state index contributed by atoms with van der Waals surface area (Å²) in [5, 5.41) is 11.4. The molecule has 15 heteroatoms. The number of phenolic OH excluding ortho intramolecular Hbond substituents is 1. The monoisotopic (exact) mass is 750 g/mol. The molecule has 0 radical (unpaired) electrons. The molecule has 2 aliphatic rings. The second-order valence-electron chi connectivity index (χ2n) is 14.1. The van der Waals surface area contributed by atoms with Crippen molar-refractivity contribution in [3.8, 4) is 22.9 Å². The number of benzene rings is 3. The molecular weight excluding hydrogens is 714 g/mol. The molecule has 4 aromatic rings. The first kappa shape index (κ1) is 37.5. The van der Waals surface area contributed by atoms with Crippen LogP contribution in [0.5, 0.6) is 11.8 Å². The Balaban J connectivity index is 1.53. The van der Waals surface area contributed by atoms with Gasteiger partial charge in [0.05, 0.1) is 17.9 Å². The minimum absolute atomic E-state index is 0.0505. The van der Waals surface area contributed by atoms with Crippen LogP contribution in [0.2, 0.25) is 5.02 Å². The zero-order chi connectivity index (χ0) is 37.7. The largest absolute Gasteiger partial charge is 0.508 e. The van der Waals surface area contributed by atoms with Crippen LogP contribution in [0.3, 0.4) is 0 Å². The van der Waals surface area contributed by atoms with Crippen LogP contribution in [0, 0.1) is 17.0 Å². The number of esters is 1.